The van der Waals surface area contributed by atoms with Gasteiger partial charge < -0.3 is 20.1 Å². The standard InChI is InChI=1S/C20H19FN2O4/c1-12-17(19(24)27-11-13-3-9-16(26-2)10-4-13)18(23-20(25)22-12)14-5-7-15(21)8-6-14/h3-10,18H,11H2,1-2H3,(H2,22,23,25)/t18-/m0/s1. The first-order chi connectivity index (χ1) is 13.0. The minimum absolute atomic E-state index is 0.0731. The largest absolute Gasteiger partial charge is 0.497 e. The van der Waals surface area contributed by atoms with Crippen molar-refractivity contribution in [2.45, 2.75) is 19.6 Å². The van der Waals surface area contributed by atoms with E-state index in [-0.39, 0.29) is 12.2 Å². The molecular weight excluding hydrogens is 351 g/mol. The van der Waals surface area contributed by atoms with Crippen molar-refractivity contribution < 1.29 is 23.5 Å². The second-order valence-corrected chi connectivity index (χ2v) is 6.05. The van der Waals surface area contributed by atoms with Gasteiger partial charge >= 0.3 is 12.0 Å². The average molecular weight is 370 g/mol. The summed E-state index contributed by atoms with van der Waals surface area (Å²) in [6.07, 6.45) is 0. The molecule has 0 saturated carbocycles. The fourth-order valence-electron chi connectivity index (χ4n) is 2.82. The highest BCUT2D eigenvalue weighted by Gasteiger charge is 2.32. The molecule has 0 aliphatic carbocycles. The number of carbonyl (C=O) groups excluding carboxylic acids is 2. The van der Waals surface area contributed by atoms with E-state index in [0.717, 1.165) is 5.56 Å². The smallest absolute Gasteiger partial charge is 0.338 e. The summed E-state index contributed by atoms with van der Waals surface area (Å²) in [4.78, 5) is 24.5. The maximum atomic E-state index is 13.2. The number of methoxy groups -OCH3 is 1. The van der Waals surface area contributed by atoms with Crippen LogP contribution in [0.5, 0.6) is 5.75 Å². The highest BCUT2D eigenvalue weighted by molar-refractivity contribution is 5.95. The van der Waals surface area contributed by atoms with Crippen molar-refractivity contribution in [3.63, 3.8) is 0 Å². The Balaban J connectivity index is 1.79. The molecule has 0 bridgehead atoms. The third-order valence-corrected chi connectivity index (χ3v) is 4.22. The molecule has 0 unspecified atom stereocenters. The lowest BCUT2D eigenvalue weighted by molar-refractivity contribution is -0.140. The molecule has 1 atom stereocenters. The summed E-state index contributed by atoms with van der Waals surface area (Å²) in [7, 11) is 1.57. The maximum Gasteiger partial charge on any atom is 0.338 e. The highest BCUT2D eigenvalue weighted by atomic mass is 19.1. The summed E-state index contributed by atoms with van der Waals surface area (Å²) in [5.41, 5.74) is 2.05. The lowest BCUT2D eigenvalue weighted by Gasteiger charge is -2.28. The number of esters is 1. The number of hydrogen-bond acceptors (Lipinski definition) is 4. The third-order valence-electron chi connectivity index (χ3n) is 4.22. The minimum atomic E-state index is -0.720. The number of benzene rings is 2. The Labute approximate surface area is 156 Å². The average Bonchev–Trinajstić information content (AvgIpc) is 2.66. The van der Waals surface area contributed by atoms with E-state index >= 15 is 0 Å². The van der Waals surface area contributed by atoms with Crippen LogP contribution < -0.4 is 15.4 Å². The summed E-state index contributed by atoms with van der Waals surface area (Å²) in [6, 6.07) is 11.6. The van der Waals surface area contributed by atoms with Crippen LogP contribution in [-0.2, 0) is 16.1 Å². The lowest BCUT2D eigenvalue weighted by atomic mass is 9.95. The van der Waals surface area contributed by atoms with Gasteiger partial charge in [-0.2, -0.15) is 0 Å². The molecule has 2 aromatic rings. The number of hydrogen-bond donors (Lipinski definition) is 2. The molecule has 27 heavy (non-hydrogen) atoms. The van der Waals surface area contributed by atoms with Gasteiger partial charge in [-0.05, 0) is 42.3 Å². The monoisotopic (exact) mass is 370 g/mol. The topological polar surface area (TPSA) is 76.7 Å². The first kappa shape index (κ1) is 18.4. The van der Waals surface area contributed by atoms with E-state index in [2.05, 4.69) is 10.6 Å². The Bertz CT molecular complexity index is 876. The summed E-state index contributed by atoms with van der Waals surface area (Å²) in [6.45, 7) is 1.70. The molecular formula is C20H19FN2O4. The van der Waals surface area contributed by atoms with Crippen LogP contribution in [-0.4, -0.2) is 19.1 Å². The molecule has 6 nitrogen and oxygen atoms in total. The summed E-state index contributed by atoms with van der Waals surface area (Å²) in [5, 5.41) is 5.25. The number of rotatable bonds is 5. The molecule has 7 heteroatoms. The number of carbonyl (C=O) groups is 2. The second-order valence-electron chi connectivity index (χ2n) is 6.05. The van der Waals surface area contributed by atoms with E-state index in [0.29, 0.717) is 17.0 Å². The number of ether oxygens (including phenoxy) is 2. The zero-order valence-electron chi connectivity index (χ0n) is 14.9. The van der Waals surface area contributed by atoms with Crippen LogP contribution >= 0.6 is 0 Å². The molecule has 1 heterocycles. The van der Waals surface area contributed by atoms with Crippen molar-refractivity contribution in [1.29, 1.82) is 0 Å². The number of allylic oxidation sites excluding steroid dienone is 1. The number of halogens is 1. The van der Waals surface area contributed by atoms with Crippen molar-refractivity contribution in [1.82, 2.24) is 10.6 Å². The zero-order valence-corrected chi connectivity index (χ0v) is 14.9. The van der Waals surface area contributed by atoms with E-state index in [9.17, 15) is 14.0 Å². The van der Waals surface area contributed by atoms with Crippen molar-refractivity contribution in [3.05, 3.63) is 76.7 Å². The Morgan fingerprint density at radius 1 is 1.11 bits per heavy atom. The quantitative estimate of drug-likeness (QED) is 0.793. The van der Waals surface area contributed by atoms with Gasteiger partial charge in [-0.15, -0.1) is 0 Å². The molecule has 0 radical (unpaired) electrons. The van der Waals surface area contributed by atoms with E-state index in [1.165, 1.54) is 24.3 Å². The van der Waals surface area contributed by atoms with Gasteiger partial charge in [0.15, 0.2) is 0 Å². The van der Waals surface area contributed by atoms with Crippen LogP contribution in [0.2, 0.25) is 0 Å². The number of nitrogens with one attached hydrogen (secondary N) is 2. The highest BCUT2D eigenvalue weighted by Crippen LogP contribution is 2.28. The lowest BCUT2D eigenvalue weighted by Crippen LogP contribution is -2.45. The Kier molecular flexibility index (Phi) is 5.40. The maximum absolute atomic E-state index is 13.2. The van der Waals surface area contributed by atoms with Crippen molar-refractivity contribution in [3.8, 4) is 5.75 Å². The van der Waals surface area contributed by atoms with Crippen LogP contribution in [0.3, 0.4) is 0 Å². The van der Waals surface area contributed by atoms with Crippen LogP contribution in [0.25, 0.3) is 0 Å². The summed E-state index contributed by atoms with van der Waals surface area (Å²) < 4.78 is 23.7. The molecule has 140 valence electrons. The van der Waals surface area contributed by atoms with Gasteiger partial charge in [0, 0.05) is 5.70 Å². The summed E-state index contributed by atoms with van der Waals surface area (Å²) >= 11 is 0. The van der Waals surface area contributed by atoms with E-state index in [1.54, 1.807) is 38.3 Å². The van der Waals surface area contributed by atoms with Crippen LogP contribution in [0, 0.1) is 5.82 Å². The predicted molar refractivity (Wildman–Crippen MR) is 96.3 cm³/mol. The Morgan fingerprint density at radius 2 is 1.78 bits per heavy atom. The Hall–Kier alpha value is -3.35. The molecule has 1 aliphatic heterocycles. The van der Waals surface area contributed by atoms with Gasteiger partial charge in [-0.25, -0.2) is 14.0 Å². The molecule has 1 aliphatic rings. The van der Waals surface area contributed by atoms with Crippen molar-refractivity contribution in [2.75, 3.05) is 7.11 Å². The first-order valence-electron chi connectivity index (χ1n) is 8.31. The normalized spacial score (nSPS) is 16.4. The third kappa shape index (κ3) is 4.25. The fraction of sp³-hybridized carbons (Fsp3) is 0.200. The molecule has 0 fully saturated rings. The van der Waals surface area contributed by atoms with E-state index in [4.69, 9.17) is 9.47 Å². The van der Waals surface area contributed by atoms with Gasteiger partial charge in [0.25, 0.3) is 0 Å². The summed E-state index contributed by atoms with van der Waals surface area (Å²) in [5.74, 6) is -0.257. The van der Waals surface area contributed by atoms with E-state index in [1.807, 2.05) is 0 Å². The molecule has 2 aromatic carbocycles. The SMILES string of the molecule is COc1ccc(COC(=O)C2=C(C)NC(=O)N[C@H]2c2ccc(F)cc2)cc1. The minimum Gasteiger partial charge on any atom is -0.497 e. The molecule has 0 spiro atoms. The second kappa shape index (κ2) is 7.90. The van der Waals surface area contributed by atoms with Crippen LogP contribution in [0.1, 0.15) is 24.1 Å². The van der Waals surface area contributed by atoms with Crippen molar-refractivity contribution in [2.24, 2.45) is 0 Å². The van der Waals surface area contributed by atoms with Gasteiger partial charge in [0.2, 0.25) is 0 Å². The molecule has 0 aromatic heterocycles. The van der Waals surface area contributed by atoms with Gasteiger partial charge in [-0.3, -0.25) is 0 Å². The molecule has 2 N–H and O–H groups in total. The van der Waals surface area contributed by atoms with Crippen molar-refractivity contribution >= 4 is 12.0 Å². The van der Waals surface area contributed by atoms with Gasteiger partial charge in [-0.1, -0.05) is 24.3 Å². The molecule has 0 saturated heterocycles. The van der Waals surface area contributed by atoms with Crippen LogP contribution in [0.15, 0.2) is 59.8 Å². The van der Waals surface area contributed by atoms with Gasteiger partial charge in [0.05, 0.1) is 18.7 Å². The Morgan fingerprint density at radius 3 is 2.41 bits per heavy atom. The number of amides is 2. The molecule has 2 amide bonds. The predicted octanol–water partition coefficient (Wildman–Crippen LogP) is 3.21. The molecule has 3 rings (SSSR count). The van der Waals surface area contributed by atoms with Crippen LogP contribution in [0.4, 0.5) is 9.18 Å². The van der Waals surface area contributed by atoms with Gasteiger partial charge in [0.1, 0.15) is 18.2 Å². The first-order valence-corrected chi connectivity index (χ1v) is 8.31. The van der Waals surface area contributed by atoms with E-state index < -0.39 is 23.9 Å². The number of urea groups is 1. The zero-order chi connectivity index (χ0) is 19.4. The fourth-order valence-corrected chi connectivity index (χ4v) is 2.82.